The molecule has 1 aromatic carbocycles. The zero-order chi connectivity index (χ0) is 13.9. The van der Waals surface area contributed by atoms with E-state index >= 15 is 0 Å². The van der Waals surface area contributed by atoms with E-state index in [-0.39, 0.29) is 5.97 Å². The Kier molecular flexibility index (Phi) is 10.2. The van der Waals surface area contributed by atoms with Crippen LogP contribution in [-0.2, 0) is 15.2 Å². The van der Waals surface area contributed by atoms with Gasteiger partial charge in [-0.15, -0.1) is 0 Å². The lowest BCUT2D eigenvalue weighted by Crippen LogP contribution is -2.00. The summed E-state index contributed by atoms with van der Waals surface area (Å²) in [5.74, 6) is 0.307. The molecule has 0 aliphatic heterocycles. The number of hydrogen-bond donors (Lipinski definition) is 3. The molecule has 17 heavy (non-hydrogen) atoms. The van der Waals surface area contributed by atoms with Gasteiger partial charge in [-0.2, -0.15) is 8.42 Å². The Hall–Kier alpha value is -1.48. The first-order valence-corrected chi connectivity index (χ1v) is 5.70. The Balaban J connectivity index is 0. The molecule has 8 heteroatoms. The van der Waals surface area contributed by atoms with E-state index in [1.165, 1.54) is 14.0 Å². The van der Waals surface area contributed by atoms with E-state index in [1.54, 1.807) is 12.1 Å². The van der Waals surface area contributed by atoms with Crippen molar-refractivity contribution >= 4 is 16.4 Å². The smallest absolute Gasteiger partial charge is 0.394 e. The molecule has 0 fully saturated rings. The topological polar surface area (TPSA) is 127 Å². The zero-order valence-electron chi connectivity index (χ0n) is 9.40. The minimum Gasteiger partial charge on any atom is -0.427 e. The van der Waals surface area contributed by atoms with Crippen molar-refractivity contribution in [2.75, 3.05) is 7.05 Å². The Morgan fingerprint density at radius 3 is 1.82 bits per heavy atom. The third kappa shape index (κ3) is 20.6. The number of carbonyl (C=O) groups excluding carboxylic acids is 1. The molecule has 0 aliphatic carbocycles. The molecule has 0 bridgehead atoms. The number of para-hydroxylation sites is 1. The van der Waals surface area contributed by atoms with Gasteiger partial charge < -0.3 is 10.5 Å². The SMILES string of the molecule is CC(=O)Oc1ccccc1.CN.O=S(=O)(O)O. The van der Waals surface area contributed by atoms with Crippen LogP contribution in [0.5, 0.6) is 5.75 Å². The van der Waals surface area contributed by atoms with E-state index in [4.69, 9.17) is 22.3 Å². The molecule has 7 nitrogen and oxygen atoms in total. The monoisotopic (exact) mass is 265 g/mol. The number of ether oxygens (including phenoxy) is 1. The van der Waals surface area contributed by atoms with E-state index in [0.717, 1.165) is 0 Å². The number of esters is 1. The fourth-order valence-corrected chi connectivity index (χ4v) is 0.655. The van der Waals surface area contributed by atoms with E-state index in [9.17, 15) is 4.79 Å². The molecule has 0 amide bonds. The van der Waals surface area contributed by atoms with Gasteiger partial charge in [-0.05, 0) is 19.2 Å². The van der Waals surface area contributed by atoms with E-state index in [1.807, 2.05) is 18.2 Å². The molecule has 0 aliphatic rings. The van der Waals surface area contributed by atoms with Gasteiger partial charge in [0.25, 0.3) is 0 Å². The van der Waals surface area contributed by atoms with Crippen molar-refractivity contribution in [3.8, 4) is 5.75 Å². The fourth-order valence-electron chi connectivity index (χ4n) is 0.655. The highest BCUT2D eigenvalue weighted by atomic mass is 32.3. The molecule has 0 aromatic heterocycles. The van der Waals surface area contributed by atoms with Crippen molar-refractivity contribution in [3.05, 3.63) is 30.3 Å². The maximum Gasteiger partial charge on any atom is 0.394 e. The second-order valence-corrected chi connectivity index (χ2v) is 3.25. The summed E-state index contributed by atoms with van der Waals surface area (Å²) < 4.78 is 36.4. The average Bonchev–Trinajstić information content (AvgIpc) is 2.19. The lowest BCUT2D eigenvalue weighted by molar-refractivity contribution is -0.131. The molecular formula is C9H15NO6S. The lowest BCUT2D eigenvalue weighted by atomic mass is 10.3. The van der Waals surface area contributed by atoms with Gasteiger partial charge in [0.1, 0.15) is 5.75 Å². The summed E-state index contributed by atoms with van der Waals surface area (Å²) in [7, 11) is -3.17. The molecule has 98 valence electrons. The standard InChI is InChI=1S/C8H8O2.CH5N.H2O4S/c1-7(9)10-8-5-3-2-4-6-8;1-2;1-5(2,3)4/h2-6H,1H3;2H2,1H3;(H2,1,2,3,4). The van der Waals surface area contributed by atoms with Crippen LogP contribution in [0.25, 0.3) is 0 Å². The largest absolute Gasteiger partial charge is 0.427 e. The molecule has 0 radical (unpaired) electrons. The predicted molar refractivity (Wildman–Crippen MR) is 62.0 cm³/mol. The first-order valence-electron chi connectivity index (χ1n) is 4.30. The summed E-state index contributed by atoms with van der Waals surface area (Å²) in [6.07, 6.45) is 0. The number of benzene rings is 1. The first kappa shape index (κ1) is 17.9. The van der Waals surface area contributed by atoms with Gasteiger partial charge in [0, 0.05) is 6.92 Å². The highest BCUT2D eigenvalue weighted by Gasteiger charge is 1.92. The van der Waals surface area contributed by atoms with Crippen LogP contribution in [0.2, 0.25) is 0 Å². The van der Waals surface area contributed by atoms with Crippen molar-refractivity contribution in [2.45, 2.75) is 6.92 Å². The third-order valence-corrected chi connectivity index (χ3v) is 1.00. The van der Waals surface area contributed by atoms with Crippen molar-refractivity contribution in [1.29, 1.82) is 0 Å². The Morgan fingerprint density at radius 2 is 1.53 bits per heavy atom. The maximum atomic E-state index is 10.4. The van der Waals surface area contributed by atoms with Gasteiger partial charge in [0.2, 0.25) is 0 Å². The molecule has 1 rings (SSSR count). The van der Waals surface area contributed by atoms with Crippen LogP contribution in [0, 0.1) is 0 Å². The molecule has 4 N–H and O–H groups in total. The van der Waals surface area contributed by atoms with Crippen LogP contribution >= 0.6 is 0 Å². The predicted octanol–water partition coefficient (Wildman–Crippen LogP) is 0.534. The lowest BCUT2D eigenvalue weighted by Gasteiger charge is -1.97. The molecule has 0 saturated carbocycles. The number of nitrogens with two attached hydrogens (primary N) is 1. The molecule has 0 saturated heterocycles. The molecule has 0 spiro atoms. The van der Waals surface area contributed by atoms with Crippen LogP contribution in [0.15, 0.2) is 30.3 Å². The molecule has 0 heterocycles. The Morgan fingerprint density at radius 1 is 1.18 bits per heavy atom. The highest BCUT2D eigenvalue weighted by molar-refractivity contribution is 7.79. The van der Waals surface area contributed by atoms with Crippen molar-refractivity contribution in [3.63, 3.8) is 0 Å². The molecule has 0 atom stereocenters. The van der Waals surface area contributed by atoms with Gasteiger partial charge in [-0.3, -0.25) is 13.9 Å². The summed E-state index contributed by atoms with van der Waals surface area (Å²) in [5, 5.41) is 0. The van der Waals surface area contributed by atoms with Gasteiger partial charge in [0.05, 0.1) is 0 Å². The van der Waals surface area contributed by atoms with E-state index in [0.29, 0.717) is 5.75 Å². The first-order chi connectivity index (χ1) is 7.79. The maximum absolute atomic E-state index is 10.4. The molecule has 0 unspecified atom stereocenters. The van der Waals surface area contributed by atoms with Crippen LogP contribution < -0.4 is 10.5 Å². The normalized spacial score (nSPS) is 9.00. The number of hydrogen-bond acceptors (Lipinski definition) is 5. The second kappa shape index (κ2) is 9.73. The summed E-state index contributed by atoms with van der Waals surface area (Å²) in [6.45, 7) is 1.38. The van der Waals surface area contributed by atoms with Crippen molar-refractivity contribution < 1.29 is 27.1 Å². The van der Waals surface area contributed by atoms with Crippen LogP contribution in [0.3, 0.4) is 0 Å². The Labute approximate surface area is 99.8 Å². The quantitative estimate of drug-likeness (QED) is 0.384. The Bertz CT molecular complexity index is 395. The van der Waals surface area contributed by atoms with Crippen molar-refractivity contribution in [2.24, 2.45) is 5.73 Å². The van der Waals surface area contributed by atoms with Gasteiger partial charge in [-0.1, -0.05) is 18.2 Å². The minimum absolute atomic E-state index is 0.286. The van der Waals surface area contributed by atoms with Crippen LogP contribution in [0.1, 0.15) is 6.92 Å². The average molecular weight is 265 g/mol. The summed E-state index contributed by atoms with van der Waals surface area (Å²) >= 11 is 0. The van der Waals surface area contributed by atoms with Crippen LogP contribution in [-0.4, -0.2) is 30.5 Å². The molecular weight excluding hydrogens is 250 g/mol. The minimum atomic E-state index is -4.67. The van der Waals surface area contributed by atoms with Crippen LogP contribution in [0.4, 0.5) is 0 Å². The highest BCUT2D eigenvalue weighted by Crippen LogP contribution is 2.07. The fraction of sp³-hybridized carbons (Fsp3) is 0.222. The number of carbonyl (C=O) groups is 1. The summed E-state index contributed by atoms with van der Waals surface area (Å²) in [6, 6.07) is 8.98. The van der Waals surface area contributed by atoms with Gasteiger partial charge in [-0.25, -0.2) is 0 Å². The summed E-state index contributed by atoms with van der Waals surface area (Å²) in [4.78, 5) is 10.4. The number of rotatable bonds is 1. The second-order valence-electron chi connectivity index (χ2n) is 2.35. The van der Waals surface area contributed by atoms with Gasteiger partial charge in [0.15, 0.2) is 0 Å². The summed E-state index contributed by atoms with van der Waals surface area (Å²) in [5.41, 5.74) is 4.50. The van der Waals surface area contributed by atoms with Gasteiger partial charge >= 0.3 is 16.4 Å². The van der Waals surface area contributed by atoms with Crippen molar-refractivity contribution in [1.82, 2.24) is 0 Å². The third-order valence-electron chi connectivity index (χ3n) is 1.00. The zero-order valence-corrected chi connectivity index (χ0v) is 10.2. The van der Waals surface area contributed by atoms with E-state index in [2.05, 4.69) is 5.73 Å². The van der Waals surface area contributed by atoms with E-state index < -0.39 is 10.4 Å². The molecule has 1 aromatic rings.